The second-order valence-electron chi connectivity index (χ2n) is 5.48. The average Bonchev–Trinajstić information content (AvgIpc) is 2.65. The molecule has 1 aromatic carbocycles. The standard InChI is InChI=1S/C16H22ClFO2/c1-2-20-16(9-5-3-4-6-10-16)15(19)13-8-7-12(17)11-14(13)18/h7-8,11,15,19H,2-6,9-10H2,1H3. The zero-order chi connectivity index (χ0) is 14.6. The largest absolute Gasteiger partial charge is 0.385 e. The number of aliphatic hydroxyl groups excluding tert-OH is 1. The van der Waals surface area contributed by atoms with E-state index in [-0.39, 0.29) is 5.56 Å². The van der Waals surface area contributed by atoms with Crippen molar-refractivity contribution in [2.45, 2.75) is 57.2 Å². The van der Waals surface area contributed by atoms with E-state index >= 15 is 0 Å². The van der Waals surface area contributed by atoms with Gasteiger partial charge in [-0.25, -0.2) is 4.39 Å². The maximum absolute atomic E-state index is 14.1. The molecule has 1 saturated carbocycles. The third-order valence-electron chi connectivity index (χ3n) is 4.14. The number of benzene rings is 1. The van der Waals surface area contributed by atoms with Crippen LogP contribution >= 0.6 is 11.6 Å². The summed E-state index contributed by atoms with van der Waals surface area (Å²) >= 11 is 5.78. The number of ether oxygens (including phenoxy) is 1. The molecule has 2 nitrogen and oxygen atoms in total. The van der Waals surface area contributed by atoms with Crippen LogP contribution in [0.15, 0.2) is 18.2 Å². The van der Waals surface area contributed by atoms with Crippen molar-refractivity contribution >= 4 is 11.6 Å². The van der Waals surface area contributed by atoms with Gasteiger partial charge >= 0.3 is 0 Å². The van der Waals surface area contributed by atoms with Gasteiger partial charge in [0.25, 0.3) is 0 Å². The van der Waals surface area contributed by atoms with E-state index in [4.69, 9.17) is 16.3 Å². The Morgan fingerprint density at radius 1 is 1.30 bits per heavy atom. The fourth-order valence-corrected chi connectivity index (χ4v) is 3.28. The molecular formula is C16H22ClFO2. The first kappa shape index (κ1) is 15.7. The smallest absolute Gasteiger partial charge is 0.130 e. The molecule has 112 valence electrons. The summed E-state index contributed by atoms with van der Waals surface area (Å²) < 4.78 is 20.0. The van der Waals surface area contributed by atoms with Gasteiger partial charge in [-0.1, -0.05) is 43.4 Å². The molecule has 1 aliphatic carbocycles. The normalized spacial score (nSPS) is 20.4. The van der Waals surface area contributed by atoms with Gasteiger partial charge in [0.05, 0.1) is 5.60 Å². The molecule has 0 heterocycles. The predicted octanol–water partition coefficient (Wildman–Crippen LogP) is 4.64. The molecule has 0 radical (unpaired) electrons. The van der Waals surface area contributed by atoms with Gasteiger partial charge in [-0.3, -0.25) is 0 Å². The summed E-state index contributed by atoms with van der Waals surface area (Å²) in [5, 5.41) is 11.1. The molecular weight excluding hydrogens is 279 g/mol. The number of hydrogen-bond acceptors (Lipinski definition) is 2. The Kier molecular flexibility index (Phi) is 5.42. The lowest BCUT2D eigenvalue weighted by molar-refractivity contribution is -0.132. The minimum absolute atomic E-state index is 0.282. The van der Waals surface area contributed by atoms with Gasteiger partial charge in [-0.15, -0.1) is 0 Å². The van der Waals surface area contributed by atoms with Crippen molar-refractivity contribution in [1.29, 1.82) is 0 Å². The minimum Gasteiger partial charge on any atom is -0.385 e. The van der Waals surface area contributed by atoms with Crippen LogP contribution in [0.2, 0.25) is 5.02 Å². The molecule has 0 saturated heterocycles. The van der Waals surface area contributed by atoms with Crippen LogP contribution < -0.4 is 0 Å². The highest BCUT2D eigenvalue weighted by Crippen LogP contribution is 2.41. The highest BCUT2D eigenvalue weighted by Gasteiger charge is 2.40. The zero-order valence-electron chi connectivity index (χ0n) is 11.9. The number of aliphatic hydroxyl groups is 1. The molecule has 1 unspecified atom stereocenters. The lowest BCUT2D eigenvalue weighted by atomic mass is 9.84. The van der Waals surface area contributed by atoms with E-state index < -0.39 is 17.5 Å². The second-order valence-corrected chi connectivity index (χ2v) is 5.92. The maximum atomic E-state index is 14.1. The Morgan fingerprint density at radius 3 is 2.50 bits per heavy atom. The van der Waals surface area contributed by atoms with Crippen molar-refractivity contribution in [1.82, 2.24) is 0 Å². The van der Waals surface area contributed by atoms with Crippen LogP contribution in [0.1, 0.15) is 57.1 Å². The van der Waals surface area contributed by atoms with Crippen LogP contribution in [0.25, 0.3) is 0 Å². The number of rotatable bonds is 4. The highest BCUT2D eigenvalue weighted by molar-refractivity contribution is 6.30. The van der Waals surface area contributed by atoms with E-state index in [1.165, 1.54) is 6.07 Å². The zero-order valence-corrected chi connectivity index (χ0v) is 12.6. The van der Waals surface area contributed by atoms with Crippen LogP contribution in [0.3, 0.4) is 0 Å². The molecule has 0 bridgehead atoms. The van der Waals surface area contributed by atoms with Crippen molar-refractivity contribution in [2.75, 3.05) is 6.61 Å². The van der Waals surface area contributed by atoms with Crippen molar-refractivity contribution in [3.8, 4) is 0 Å². The van der Waals surface area contributed by atoms with Gasteiger partial charge in [0.1, 0.15) is 11.9 Å². The molecule has 0 aliphatic heterocycles. The topological polar surface area (TPSA) is 29.5 Å². The Balaban J connectivity index is 2.31. The Bertz CT molecular complexity index is 442. The summed E-state index contributed by atoms with van der Waals surface area (Å²) in [5.41, 5.74) is -0.385. The van der Waals surface area contributed by atoms with Crippen molar-refractivity contribution in [3.63, 3.8) is 0 Å². The van der Waals surface area contributed by atoms with Crippen LogP contribution in [0.4, 0.5) is 4.39 Å². The van der Waals surface area contributed by atoms with E-state index in [9.17, 15) is 9.50 Å². The van der Waals surface area contributed by atoms with E-state index in [1.807, 2.05) is 6.92 Å². The highest BCUT2D eigenvalue weighted by atomic mass is 35.5. The molecule has 1 aliphatic rings. The van der Waals surface area contributed by atoms with Gasteiger partial charge in [0.2, 0.25) is 0 Å². The average molecular weight is 301 g/mol. The van der Waals surface area contributed by atoms with Crippen LogP contribution in [0, 0.1) is 5.82 Å². The van der Waals surface area contributed by atoms with Crippen LogP contribution in [-0.2, 0) is 4.74 Å². The summed E-state index contributed by atoms with van der Waals surface area (Å²) in [7, 11) is 0. The van der Waals surface area contributed by atoms with Crippen molar-refractivity contribution < 1.29 is 14.2 Å². The fourth-order valence-electron chi connectivity index (χ4n) is 3.12. The second kappa shape index (κ2) is 6.88. The lowest BCUT2D eigenvalue weighted by Gasteiger charge is -2.37. The summed E-state index contributed by atoms with van der Waals surface area (Å²) in [6.07, 6.45) is 4.89. The van der Waals surface area contributed by atoms with Crippen LogP contribution in [-0.4, -0.2) is 17.3 Å². The predicted molar refractivity (Wildman–Crippen MR) is 78.4 cm³/mol. The Morgan fingerprint density at radius 2 is 1.95 bits per heavy atom. The molecule has 1 N–H and O–H groups in total. The molecule has 2 rings (SSSR count). The molecule has 1 fully saturated rings. The molecule has 4 heteroatoms. The van der Waals surface area contributed by atoms with E-state index in [2.05, 4.69) is 0 Å². The lowest BCUT2D eigenvalue weighted by Crippen LogP contribution is -2.39. The molecule has 20 heavy (non-hydrogen) atoms. The molecule has 0 aromatic heterocycles. The minimum atomic E-state index is -0.946. The Labute approximate surface area is 124 Å². The number of halogens is 2. The summed E-state index contributed by atoms with van der Waals surface area (Å²) in [5.74, 6) is -0.465. The fraction of sp³-hybridized carbons (Fsp3) is 0.625. The third-order valence-corrected chi connectivity index (χ3v) is 4.37. The number of hydrogen-bond donors (Lipinski definition) is 1. The van der Waals surface area contributed by atoms with Gasteiger partial charge < -0.3 is 9.84 Å². The Hall–Kier alpha value is -0.640. The SMILES string of the molecule is CCOC1(C(O)c2ccc(Cl)cc2F)CCCCCC1. The van der Waals surface area contributed by atoms with Crippen molar-refractivity contribution in [2.24, 2.45) is 0 Å². The quantitative estimate of drug-likeness (QED) is 0.821. The third kappa shape index (κ3) is 3.33. The van der Waals surface area contributed by atoms with E-state index in [0.29, 0.717) is 11.6 Å². The maximum Gasteiger partial charge on any atom is 0.130 e. The van der Waals surface area contributed by atoms with Gasteiger partial charge in [-0.2, -0.15) is 0 Å². The first-order valence-electron chi connectivity index (χ1n) is 7.36. The van der Waals surface area contributed by atoms with Gasteiger partial charge in [0.15, 0.2) is 0 Å². The monoisotopic (exact) mass is 300 g/mol. The summed E-state index contributed by atoms with van der Waals surface area (Å²) in [4.78, 5) is 0. The molecule has 1 aromatic rings. The summed E-state index contributed by atoms with van der Waals surface area (Å²) in [6.45, 7) is 2.43. The van der Waals surface area contributed by atoms with Crippen LogP contribution in [0.5, 0.6) is 0 Å². The first-order valence-corrected chi connectivity index (χ1v) is 7.74. The van der Waals surface area contributed by atoms with Gasteiger partial charge in [-0.05, 0) is 31.9 Å². The summed E-state index contributed by atoms with van der Waals surface area (Å²) in [6, 6.07) is 4.42. The molecule has 0 amide bonds. The first-order chi connectivity index (χ1) is 9.59. The van der Waals surface area contributed by atoms with Gasteiger partial charge in [0, 0.05) is 17.2 Å². The van der Waals surface area contributed by atoms with E-state index in [1.54, 1.807) is 12.1 Å². The van der Waals surface area contributed by atoms with Crippen molar-refractivity contribution in [3.05, 3.63) is 34.6 Å². The molecule has 1 atom stereocenters. The van der Waals surface area contributed by atoms with E-state index in [0.717, 1.165) is 38.5 Å². The molecule has 0 spiro atoms.